The highest BCUT2D eigenvalue weighted by Gasteiger charge is 2.23. The van der Waals surface area contributed by atoms with Gasteiger partial charge in [0.1, 0.15) is 0 Å². The monoisotopic (exact) mass is 400 g/mol. The van der Waals surface area contributed by atoms with Gasteiger partial charge in [0, 0.05) is 17.5 Å². The van der Waals surface area contributed by atoms with Crippen molar-refractivity contribution in [2.45, 2.75) is 12.5 Å². The van der Waals surface area contributed by atoms with Gasteiger partial charge in [0.2, 0.25) is 0 Å². The molecule has 0 fully saturated rings. The molecule has 0 amide bonds. The van der Waals surface area contributed by atoms with Gasteiger partial charge in [0.15, 0.2) is 0 Å². The van der Waals surface area contributed by atoms with Crippen molar-refractivity contribution >= 4 is 29.7 Å². The Morgan fingerprint density at radius 2 is 1.35 bits per heavy atom. The van der Waals surface area contributed by atoms with Crippen LogP contribution in [0.3, 0.4) is 0 Å². The molecule has 150 valence electrons. The Kier molecular flexibility index (Phi) is 5.44. The summed E-state index contributed by atoms with van der Waals surface area (Å²) in [4.78, 5) is 4.85. The third-order valence-corrected chi connectivity index (χ3v) is 5.62. The molecule has 5 rings (SSSR count). The summed E-state index contributed by atoms with van der Waals surface area (Å²) < 4.78 is 0. The molecule has 31 heavy (non-hydrogen) atoms. The summed E-state index contributed by atoms with van der Waals surface area (Å²) in [6, 6.07) is 36.0. The molecule has 1 aliphatic rings. The summed E-state index contributed by atoms with van der Waals surface area (Å²) in [5.41, 5.74) is 8.19. The minimum Gasteiger partial charge on any atom is -0.378 e. The first-order valence-corrected chi connectivity index (χ1v) is 10.7. The molecule has 2 nitrogen and oxygen atoms in total. The normalized spacial score (nSPS) is 15.3. The quantitative estimate of drug-likeness (QED) is 0.275. The third kappa shape index (κ3) is 4.49. The van der Waals surface area contributed by atoms with Gasteiger partial charge in [-0.15, -0.1) is 0 Å². The molecule has 1 aliphatic heterocycles. The van der Waals surface area contributed by atoms with E-state index in [-0.39, 0.29) is 0 Å². The van der Waals surface area contributed by atoms with Crippen LogP contribution in [-0.2, 0) is 6.42 Å². The highest BCUT2D eigenvalue weighted by atomic mass is 15.0. The Hall–Kier alpha value is -3.91. The third-order valence-electron chi connectivity index (χ3n) is 5.62. The van der Waals surface area contributed by atoms with Crippen LogP contribution in [0.5, 0.6) is 0 Å². The van der Waals surface area contributed by atoms with E-state index in [1.165, 1.54) is 22.4 Å². The molecule has 1 N–H and O–H groups in total. The van der Waals surface area contributed by atoms with Gasteiger partial charge >= 0.3 is 0 Å². The van der Waals surface area contributed by atoms with Gasteiger partial charge in [-0.3, -0.25) is 4.99 Å². The van der Waals surface area contributed by atoms with Crippen LogP contribution in [0, 0.1) is 0 Å². The predicted octanol–water partition coefficient (Wildman–Crippen LogP) is 7.32. The second-order valence-corrected chi connectivity index (χ2v) is 7.79. The first-order valence-electron chi connectivity index (χ1n) is 10.7. The van der Waals surface area contributed by atoms with Gasteiger partial charge < -0.3 is 5.32 Å². The van der Waals surface area contributed by atoms with Crippen molar-refractivity contribution in [2.75, 3.05) is 5.32 Å². The lowest BCUT2D eigenvalue weighted by molar-refractivity contribution is 0.824. The number of anilines is 1. The van der Waals surface area contributed by atoms with Crippen LogP contribution in [0.4, 0.5) is 11.4 Å². The lowest BCUT2D eigenvalue weighted by Crippen LogP contribution is -2.04. The van der Waals surface area contributed by atoms with Crippen LogP contribution in [0.2, 0.25) is 0 Å². The topological polar surface area (TPSA) is 24.4 Å². The molecule has 1 atom stereocenters. The minimum atomic E-state index is 0.301. The smallest absolute Gasteiger partial charge is 0.0722 e. The zero-order chi connectivity index (χ0) is 20.9. The minimum absolute atomic E-state index is 0.301. The van der Waals surface area contributed by atoms with E-state index in [1.54, 1.807) is 0 Å². The SMILES string of the molecule is C(=Nc1cc2c(cc1/C=C/c1ccccc1)C[C@H](c1ccccc1)N2)c1ccccc1. The van der Waals surface area contributed by atoms with E-state index in [0.29, 0.717) is 6.04 Å². The Morgan fingerprint density at radius 3 is 2.06 bits per heavy atom. The molecular formula is C29H24N2. The van der Waals surface area contributed by atoms with Crippen molar-refractivity contribution in [3.8, 4) is 0 Å². The van der Waals surface area contributed by atoms with Crippen LogP contribution in [0.15, 0.2) is 108 Å². The summed E-state index contributed by atoms with van der Waals surface area (Å²) >= 11 is 0. The van der Waals surface area contributed by atoms with Crippen LogP contribution < -0.4 is 5.32 Å². The van der Waals surface area contributed by atoms with Gasteiger partial charge in [-0.05, 0) is 40.8 Å². The molecule has 0 unspecified atom stereocenters. The molecule has 1 heterocycles. The number of rotatable bonds is 5. The first kappa shape index (κ1) is 19.1. The fourth-order valence-corrected chi connectivity index (χ4v) is 3.98. The number of aliphatic imine (C=N–C) groups is 1. The van der Waals surface area contributed by atoms with Gasteiger partial charge in [0.05, 0.1) is 11.7 Å². The molecule has 0 aliphatic carbocycles. The highest BCUT2D eigenvalue weighted by Crippen LogP contribution is 2.39. The number of benzene rings is 4. The van der Waals surface area contributed by atoms with Crippen LogP contribution >= 0.6 is 0 Å². The summed E-state index contributed by atoms with van der Waals surface area (Å²) in [6.07, 6.45) is 7.24. The molecule has 0 spiro atoms. The molecular weight excluding hydrogens is 376 g/mol. The van der Waals surface area contributed by atoms with Gasteiger partial charge in [-0.2, -0.15) is 0 Å². The molecule has 0 saturated carbocycles. The van der Waals surface area contributed by atoms with Crippen molar-refractivity contribution in [3.63, 3.8) is 0 Å². The van der Waals surface area contributed by atoms with Crippen molar-refractivity contribution in [1.29, 1.82) is 0 Å². The zero-order valence-corrected chi connectivity index (χ0v) is 17.3. The summed E-state index contributed by atoms with van der Waals surface area (Å²) in [6.45, 7) is 0. The molecule has 0 aromatic heterocycles. The van der Waals surface area contributed by atoms with E-state index >= 15 is 0 Å². The average molecular weight is 401 g/mol. The maximum Gasteiger partial charge on any atom is 0.0722 e. The Bertz CT molecular complexity index is 1130. The molecule has 0 saturated heterocycles. The number of fused-ring (bicyclic) bond motifs is 1. The second kappa shape index (κ2) is 8.85. The van der Waals surface area contributed by atoms with Crippen LogP contribution in [-0.4, -0.2) is 6.21 Å². The lowest BCUT2D eigenvalue weighted by atomic mass is 10.0. The largest absolute Gasteiger partial charge is 0.378 e. The van der Waals surface area contributed by atoms with E-state index in [0.717, 1.165) is 23.2 Å². The molecule has 2 heteroatoms. The summed E-state index contributed by atoms with van der Waals surface area (Å²) in [5, 5.41) is 3.69. The maximum atomic E-state index is 4.85. The van der Waals surface area contributed by atoms with Crippen molar-refractivity contribution in [2.24, 2.45) is 4.99 Å². The van der Waals surface area contributed by atoms with Gasteiger partial charge in [-0.25, -0.2) is 0 Å². The van der Waals surface area contributed by atoms with Gasteiger partial charge in [-0.1, -0.05) is 103 Å². The number of nitrogens with zero attached hydrogens (tertiary/aromatic N) is 1. The molecule has 0 radical (unpaired) electrons. The Balaban J connectivity index is 1.50. The molecule has 4 aromatic rings. The Morgan fingerprint density at radius 1 is 0.710 bits per heavy atom. The highest BCUT2D eigenvalue weighted by molar-refractivity contribution is 5.86. The fourth-order valence-electron chi connectivity index (χ4n) is 3.98. The van der Waals surface area contributed by atoms with Crippen molar-refractivity contribution < 1.29 is 0 Å². The number of hydrogen-bond donors (Lipinski definition) is 1. The van der Waals surface area contributed by atoms with Crippen LogP contribution in [0.1, 0.15) is 33.9 Å². The summed E-state index contributed by atoms with van der Waals surface area (Å²) in [5.74, 6) is 0. The number of hydrogen-bond acceptors (Lipinski definition) is 2. The molecule has 4 aromatic carbocycles. The van der Waals surface area contributed by atoms with Crippen molar-refractivity contribution in [1.82, 2.24) is 0 Å². The predicted molar refractivity (Wildman–Crippen MR) is 132 cm³/mol. The van der Waals surface area contributed by atoms with Crippen LogP contribution in [0.25, 0.3) is 12.2 Å². The van der Waals surface area contributed by atoms with E-state index in [9.17, 15) is 0 Å². The fraction of sp³-hybridized carbons (Fsp3) is 0.0690. The summed E-state index contributed by atoms with van der Waals surface area (Å²) in [7, 11) is 0. The first-order chi connectivity index (χ1) is 15.3. The van der Waals surface area contributed by atoms with E-state index < -0.39 is 0 Å². The standard InChI is InChI=1S/C29H24N2/c1-4-10-22(11-5-1)16-17-25-18-26-19-28(24-14-8-3-9-15-24)31-29(26)20-27(25)30-21-23-12-6-2-7-13-23/h1-18,20-21,28,31H,19H2/b17-16+,30-21?/t28-/m1/s1. The van der Waals surface area contributed by atoms with E-state index in [4.69, 9.17) is 4.99 Å². The van der Waals surface area contributed by atoms with E-state index in [1.807, 2.05) is 30.5 Å². The zero-order valence-electron chi connectivity index (χ0n) is 17.3. The maximum absolute atomic E-state index is 4.85. The second-order valence-electron chi connectivity index (χ2n) is 7.79. The number of nitrogens with one attached hydrogen (secondary N) is 1. The van der Waals surface area contributed by atoms with Crippen molar-refractivity contribution in [3.05, 3.63) is 131 Å². The van der Waals surface area contributed by atoms with Gasteiger partial charge in [0.25, 0.3) is 0 Å². The van der Waals surface area contributed by atoms with E-state index in [2.05, 4.69) is 96.3 Å². The molecule has 0 bridgehead atoms. The average Bonchev–Trinajstić information content (AvgIpc) is 3.26. The Labute approximate surface area is 183 Å². The lowest BCUT2D eigenvalue weighted by Gasteiger charge is -2.11.